The van der Waals surface area contributed by atoms with Gasteiger partial charge in [0.05, 0.1) is 5.69 Å². The van der Waals surface area contributed by atoms with E-state index in [9.17, 15) is 18.0 Å². The van der Waals surface area contributed by atoms with Gasteiger partial charge in [-0.05, 0) is 51.2 Å². The molecule has 1 aromatic heterocycles. The molecular weight excluding hydrogens is 409 g/mol. The summed E-state index contributed by atoms with van der Waals surface area (Å²) in [4.78, 5) is 14.6. The molecule has 0 saturated carbocycles. The highest BCUT2D eigenvalue weighted by molar-refractivity contribution is 5.81. The summed E-state index contributed by atoms with van der Waals surface area (Å²) in [6.45, 7) is 4.40. The quantitative estimate of drug-likeness (QED) is 0.769. The Morgan fingerprint density at radius 2 is 2.10 bits per heavy atom. The average Bonchev–Trinajstić information content (AvgIpc) is 3.14. The standard InChI is InChI=1S/C22H27F3N4O2/c1-13-10-20-26-17(11-18(21(24)25)29(20)27-13)15-6-5-9-28(12-15)22(30)14(2)31-19-8-4-3-7-16(19)23/h3-4,7-8,10,14-15,17-18,21,26H,5-6,9,11-12H2,1-2H3/t14-,15-,17+,18-/m1/s1. The van der Waals surface area contributed by atoms with Gasteiger partial charge in [0.1, 0.15) is 11.9 Å². The molecule has 2 aliphatic heterocycles. The Hall–Kier alpha value is -2.71. The smallest absolute Gasteiger partial charge is 0.263 e. The van der Waals surface area contributed by atoms with Gasteiger partial charge in [0.2, 0.25) is 0 Å². The molecule has 0 spiro atoms. The van der Waals surface area contributed by atoms with Crippen LogP contribution in [0, 0.1) is 18.7 Å². The maximum absolute atomic E-state index is 13.9. The van der Waals surface area contributed by atoms with Crippen molar-refractivity contribution in [2.75, 3.05) is 18.4 Å². The fraction of sp³-hybridized carbons (Fsp3) is 0.545. The summed E-state index contributed by atoms with van der Waals surface area (Å²) in [5.41, 5.74) is 0.688. The van der Waals surface area contributed by atoms with E-state index in [4.69, 9.17) is 4.74 Å². The van der Waals surface area contributed by atoms with E-state index in [1.807, 2.05) is 0 Å². The van der Waals surface area contributed by atoms with Crippen LogP contribution in [0.25, 0.3) is 0 Å². The number of ether oxygens (including phenoxy) is 1. The maximum Gasteiger partial charge on any atom is 0.263 e. The van der Waals surface area contributed by atoms with Crippen molar-refractivity contribution in [3.8, 4) is 5.75 Å². The van der Waals surface area contributed by atoms with Crippen LogP contribution in [0.15, 0.2) is 30.3 Å². The number of carbonyl (C=O) groups is 1. The molecule has 0 bridgehead atoms. The number of piperidine rings is 1. The Labute approximate surface area is 179 Å². The first-order valence-corrected chi connectivity index (χ1v) is 10.6. The van der Waals surface area contributed by atoms with E-state index >= 15 is 0 Å². The van der Waals surface area contributed by atoms with E-state index in [-0.39, 0.29) is 30.0 Å². The summed E-state index contributed by atoms with van der Waals surface area (Å²) in [5, 5.41) is 7.57. The van der Waals surface area contributed by atoms with Crippen molar-refractivity contribution >= 4 is 11.7 Å². The molecule has 1 amide bonds. The van der Waals surface area contributed by atoms with Crippen LogP contribution in [0.1, 0.15) is 37.9 Å². The Morgan fingerprint density at radius 3 is 2.84 bits per heavy atom. The molecule has 4 atom stereocenters. The number of amides is 1. The summed E-state index contributed by atoms with van der Waals surface area (Å²) < 4.78 is 48.2. The van der Waals surface area contributed by atoms with Crippen LogP contribution < -0.4 is 10.1 Å². The number of fused-ring (bicyclic) bond motifs is 1. The summed E-state index contributed by atoms with van der Waals surface area (Å²) in [6.07, 6.45) is -1.49. The van der Waals surface area contributed by atoms with Gasteiger partial charge in [0.25, 0.3) is 12.3 Å². The van der Waals surface area contributed by atoms with Crippen molar-refractivity contribution in [1.29, 1.82) is 0 Å². The van der Waals surface area contributed by atoms with Crippen molar-refractivity contribution in [3.05, 3.63) is 41.8 Å². The van der Waals surface area contributed by atoms with Crippen LogP contribution in [0.2, 0.25) is 0 Å². The number of aromatic nitrogens is 2. The minimum Gasteiger partial charge on any atom is -0.478 e. The fourth-order valence-electron chi connectivity index (χ4n) is 4.58. The second-order valence-electron chi connectivity index (χ2n) is 8.38. The number of benzene rings is 1. The highest BCUT2D eigenvalue weighted by Crippen LogP contribution is 2.36. The molecule has 1 saturated heterocycles. The molecule has 0 aliphatic carbocycles. The van der Waals surface area contributed by atoms with Gasteiger partial charge in [0, 0.05) is 25.2 Å². The first-order valence-electron chi connectivity index (χ1n) is 10.6. The van der Waals surface area contributed by atoms with Gasteiger partial charge in [-0.1, -0.05) is 12.1 Å². The summed E-state index contributed by atoms with van der Waals surface area (Å²) in [7, 11) is 0. The van der Waals surface area contributed by atoms with Gasteiger partial charge in [-0.3, -0.25) is 4.79 Å². The lowest BCUT2D eigenvalue weighted by Gasteiger charge is -2.41. The maximum atomic E-state index is 13.9. The average molecular weight is 436 g/mol. The molecular formula is C22H27F3N4O2. The highest BCUT2D eigenvalue weighted by atomic mass is 19.3. The van der Waals surface area contributed by atoms with Gasteiger partial charge in [-0.2, -0.15) is 5.10 Å². The third-order valence-corrected chi connectivity index (χ3v) is 6.12. The van der Waals surface area contributed by atoms with Crippen LogP contribution in [-0.4, -0.2) is 52.2 Å². The van der Waals surface area contributed by atoms with Crippen LogP contribution >= 0.6 is 0 Å². The lowest BCUT2D eigenvalue weighted by atomic mass is 9.86. The third kappa shape index (κ3) is 4.50. The molecule has 2 aromatic rings. The zero-order valence-electron chi connectivity index (χ0n) is 17.6. The van der Waals surface area contributed by atoms with Crippen molar-refractivity contribution in [2.45, 2.75) is 57.7 Å². The first-order chi connectivity index (χ1) is 14.8. The Bertz CT molecular complexity index is 935. The molecule has 9 heteroatoms. The number of hydrogen-bond donors (Lipinski definition) is 1. The van der Waals surface area contributed by atoms with Gasteiger partial charge >= 0.3 is 0 Å². The fourth-order valence-corrected chi connectivity index (χ4v) is 4.58. The number of anilines is 1. The molecule has 1 fully saturated rings. The highest BCUT2D eigenvalue weighted by Gasteiger charge is 2.39. The normalized spacial score (nSPS) is 24.5. The molecule has 2 aliphatic rings. The zero-order valence-corrected chi connectivity index (χ0v) is 17.6. The van der Waals surface area contributed by atoms with Crippen molar-refractivity contribution in [2.24, 2.45) is 5.92 Å². The van der Waals surface area contributed by atoms with E-state index < -0.39 is 24.4 Å². The summed E-state index contributed by atoms with van der Waals surface area (Å²) in [6, 6.07) is 6.58. The van der Waals surface area contributed by atoms with Crippen LogP contribution in [0.4, 0.5) is 19.0 Å². The van der Waals surface area contributed by atoms with E-state index in [2.05, 4.69) is 10.4 Å². The number of alkyl halides is 2. The van der Waals surface area contributed by atoms with Gasteiger partial charge < -0.3 is 15.0 Å². The second-order valence-corrected chi connectivity index (χ2v) is 8.38. The molecule has 4 rings (SSSR count). The predicted octanol–water partition coefficient (Wildman–Crippen LogP) is 4.03. The zero-order chi connectivity index (χ0) is 22.1. The van der Waals surface area contributed by atoms with Crippen LogP contribution in [-0.2, 0) is 4.79 Å². The third-order valence-electron chi connectivity index (χ3n) is 6.12. The number of carbonyl (C=O) groups excluding carboxylic acids is 1. The van der Waals surface area contributed by atoms with Gasteiger partial charge in [-0.15, -0.1) is 0 Å². The second kappa shape index (κ2) is 8.80. The number of nitrogens with zero attached hydrogens (tertiary/aromatic N) is 3. The Morgan fingerprint density at radius 1 is 1.32 bits per heavy atom. The molecule has 0 unspecified atom stereocenters. The number of para-hydroxylation sites is 1. The molecule has 3 heterocycles. The van der Waals surface area contributed by atoms with E-state index in [0.29, 0.717) is 24.6 Å². The van der Waals surface area contributed by atoms with Crippen molar-refractivity contribution < 1.29 is 22.7 Å². The van der Waals surface area contributed by atoms with Crippen LogP contribution in [0.3, 0.4) is 0 Å². The summed E-state index contributed by atoms with van der Waals surface area (Å²) >= 11 is 0. The monoisotopic (exact) mass is 436 g/mol. The number of nitrogens with one attached hydrogen (secondary N) is 1. The van der Waals surface area contributed by atoms with Gasteiger partial charge in [-0.25, -0.2) is 17.9 Å². The lowest BCUT2D eigenvalue weighted by Crippen LogP contribution is -2.50. The molecule has 31 heavy (non-hydrogen) atoms. The number of rotatable bonds is 5. The number of halogens is 3. The van der Waals surface area contributed by atoms with E-state index in [1.165, 1.54) is 16.8 Å². The van der Waals surface area contributed by atoms with Crippen LogP contribution in [0.5, 0.6) is 5.75 Å². The Balaban J connectivity index is 1.43. The SMILES string of the molecule is Cc1cc2n(n1)[C@@H](C(F)F)C[C@@H]([C@@H]1CCCN(C(=O)[C@@H](C)Oc3ccccc3F)C1)N2. The largest absolute Gasteiger partial charge is 0.478 e. The molecule has 6 nitrogen and oxygen atoms in total. The molecule has 1 aromatic carbocycles. The minimum absolute atomic E-state index is 0.0311. The topological polar surface area (TPSA) is 59.4 Å². The summed E-state index contributed by atoms with van der Waals surface area (Å²) in [5.74, 6) is -0.0818. The number of likely N-dealkylation sites (tertiary alicyclic amines) is 1. The first kappa shape index (κ1) is 21.5. The van der Waals surface area contributed by atoms with Gasteiger partial charge in [0.15, 0.2) is 17.7 Å². The molecule has 168 valence electrons. The number of aryl methyl sites for hydroxylation is 1. The minimum atomic E-state index is -2.52. The van der Waals surface area contributed by atoms with E-state index in [0.717, 1.165) is 12.8 Å². The van der Waals surface area contributed by atoms with Crippen molar-refractivity contribution in [1.82, 2.24) is 14.7 Å². The molecule has 0 radical (unpaired) electrons. The molecule has 1 N–H and O–H groups in total. The number of hydrogen-bond acceptors (Lipinski definition) is 4. The lowest BCUT2D eigenvalue weighted by molar-refractivity contribution is -0.140. The van der Waals surface area contributed by atoms with E-state index in [1.54, 1.807) is 36.9 Å². The Kier molecular flexibility index (Phi) is 6.11. The van der Waals surface area contributed by atoms with Crippen molar-refractivity contribution in [3.63, 3.8) is 0 Å². The predicted molar refractivity (Wildman–Crippen MR) is 110 cm³/mol.